The normalized spacial score (nSPS) is 23.1. The van der Waals surface area contributed by atoms with Gasteiger partial charge in [0.05, 0.1) is 33.8 Å². The highest BCUT2D eigenvalue weighted by Gasteiger charge is 2.55. The molecule has 0 aliphatic carbocycles. The molecule has 7 nitrogen and oxygen atoms in total. The Kier molecular flexibility index (Phi) is 6.40. The quantitative estimate of drug-likeness (QED) is 0.573. The molecular weight excluding hydrogens is 479 g/mol. The van der Waals surface area contributed by atoms with Crippen LogP contribution in [0.3, 0.4) is 0 Å². The van der Waals surface area contributed by atoms with Crippen molar-refractivity contribution >= 4 is 41.1 Å². The topological polar surface area (TPSA) is 87.2 Å². The van der Waals surface area contributed by atoms with E-state index in [4.69, 9.17) is 27.9 Å². The molecule has 0 spiro atoms. The predicted octanol–water partition coefficient (Wildman–Crippen LogP) is 5.30. The van der Waals surface area contributed by atoms with E-state index in [-0.39, 0.29) is 24.7 Å². The van der Waals surface area contributed by atoms with Crippen LogP contribution in [0.2, 0.25) is 10.0 Å². The minimum atomic E-state index is -1.38. The van der Waals surface area contributed by atoms with E-state index in [0.717, 1.165) is 4.90 Å². The van der Waals surface area contributed by atoms with Gasteiger partial charge in [-0.25, -0.2) is 4.79 Å². The minimum absolute atomic E-state index is 0.178. The molecule has 2 aromatic carbocycles. The number of hydrogen-bond donors (Lipinski definition) is 1. The fraction of sp³-hybridized carbons (Fsp3) is 0.400. The van der Waals surface area contributed by atoms with E-state index in [1.165, 1.54) is 4.90 Å². The lowest BCUT2D eigenvalue weighted by atomic mass is 9.71. The predicted molar refractivity (Wildman–Crippen MR) is 128 cm³/mol. The molecule has 0 saturated carbocycles. The van der Waals surface area contributed by atoms with Crippen LogP contribution in [-0.4, -0.2) is 58.6 Å². The van der Waals surface area contributed by atoms with E-state index in [1.807, 2.05) is 20.8 Å². The third-order valence-electron chi connectivity index (χ3n) is 6.40. The Morgan fingerprint density at radius 3 is 2.24 bits per heavy atom. The summed E-state index contributed by atoms with van der Waals surface area (Å²) in [5.41, 5.74) is -0.838. The smallest absolute Gasteiger partial charge is 0.407 e. The number of ether oxygens (including phenoxy) is 1. The Morgan fingerprint density at radius 2 is 1.71 bits per heavy atom. The van der Waals surface area contributed by atoms with E-state index in [2.05, 4.69) is 0 Å². The largest absolute Gasteiger partial charge is 0.465 e. The van der Waals surface area contributed by atoms with Crippen LogP contribution >= 0.6 is 23.2 Å². The van der Waals surface area contributed by atoms with Crippen LogP contribution in [0.1, 0.15) is 53.5 Å². The van der Waals surface area contributed by atoms with E-state index < -0.39 is 35.0 Å². The van der Waals surface area contributed by atoms with Crippen molar-refractivity contribution in [2.45, 2.75) is 38.8 Å². The van der Waals surface area contributed by atoms with Crippen LogP contribution in [0.25, 0.3) is 0 Å². The monoisotopic (exact) mass is 504 g/mol. The van der Waals surface area contributed by atoms with Gasteiger partial charge in [-0.1, -0.05) is 62.2 Å². The molecule has 1 saturated heterocycles. The van der Waals surface area contributed by atoms with Gasteiger partial charge in [0, 0.05) is 13.2 Å². The molecule has 1 fully saturated rings. The number of hydrogen-bond acceptors (Lipinski definition) is 4. The Balaban J connectivity index is 1.93. The second-order valence-corrected chi connectivity index (χ2v) is 10.5. The zero-order valence-corrected chi connectivity index (χ0v) is 20.7. The van der Waals surface area contributed by atoms with E-state index in [0.29, 0.717) is 28.1 Å². The number of halogens is 2. The molecule has 1 N–H and O–H groups in total. The molecule has 0 radical (unpaired) electrons. The summed E-state index contributed by atoms with van der Waals surface area (Å²) in [6, 6.07) is 10.8. The highest BCUT2D eigenvalue weighted by atomic mass is 35.5. The number of imide groups is 1. The number of nitrogens with zero attached hydrogens (tertiary/aromatic N) is 2. The average Bonchev–Trinajstić information content (AvgIpc) is 2.92. The second kappa shape index (κ2) is 8.87. The molecule has 180 valence electrons. The number of amides is 3. The molecule has 2 heterocycles. The Bertz CT molecular complexity index is 1130. The molecule has 0 aromatic heterocycles. The van der Waals surface area contributed by atoms with Crippen molar-refractivity contribution in [2.24, 2.45) is 5.41 Å². The Hall–Kier alpha value is -2.61. The summed E-state index contributed by atoms with van der Waals surface area (Å²) in [5, 5.41) is 10.8. The molecule has 4 rings (SSSR count). The van der Waals surface area contributed by atoms with Gasteiger partial charge in [0.2, 0.25) is 0 Å². The summed E-state index contributed by atoms with van der Waals surface area (Å²) < 4.78 is 6.50. The maximum atomic E-state index is 13.3. The first-order valence-corrected chi connectivity index (χ1v) is 11.8. The fourth-order valence-electron chi connectivity index (χ4n) is 5.16. The van der Waals surface area contributed by atoms with Crippen molar-refractivity contribution < 1.29 is 24.2 Å². The van der Waals surface area contributed by atoms with Gasteiger partial charge in [-0.2, -0.15) is 0 Å². The van der Waals surface area contributed by atoms with E-state index in [9.17, 15) is 19.5 Å². The van der Waals surface area contributed by atoms with Crippen LogP contribution in [0, 0.1) is 5.41 Å². The standard InChI is InChI=1S/C25H26Cl2N2O5/c1-24(2,3)22-25(15-9-10-18(26)19(27)13-15,34-12-6-11-28(22)23(32)33)14-29-20(30)16-7-4-5-8-17(16)21(29)31/h4-5,7-10,13,22H,6,11-12,14H2,1-3H3,(H,32,33). The van der Waals surface area contributed by atoms with Gasteiger partial charge >= 0.3 is 6.09 Å². The summed E-state index contributed by atoms with van der Waals surface area (Å²) in [4.78, 5) is 41.5. The number of carbonyl (C=O) groups is 3. The molecule has 2 unspecified atom stereocenters. The fourth-order valence-corrected chi connectivity index (χ4v) is 5.46. The molecule has 2 aromatic rings. The average molecular weight is 505 g/mol. The lowest BCUT2D eigenvalue weighted by molar-refractivity contribution is -0.120. The molecule has 9 heteroatoms. The SMILES string of the molecule is CC(C)(C)C1N(C(=O)O)CCCOC1(CN1C(=O)c2ccccc2C1=O)c1ccc(Cl)c(Cl)c1. The number of fused-ring (bicyclic) bond motifs is 1. The second-order valence-electron chi connectivity index (χ2n) is 9.71. The molecular formula is C25H26Cl2N2O5. The van der Waals surface area contributed by atoms with Crippen molar-refractivity contribution in [1.29, 1.82) is 0 Å². The van der Waals surface area contributed by atoms with Crippen LogP contribution < -0.4 is 0 Å². The summed E-state index contributed by atoms with van der Waals surface area (Å²) >= 11 is 12.6. The van der Waals surface area contributed by atoms with Gasteiger partial charge < -0.3 is 14.7 Å². The van der Waals surface area contributed by atoms with Crippen molar-refractivity contribution in [3.63, 3.8) is 0 Å². The number of carboxylic acid groups (broad SMARTS) is 1. The Morgan fingerprint density at radius 1 is 1.09 bits per heavy atom. The van der Waals surface area contributed by atoms with Crippen LogP contribution in [0.4, 0.5) is 4.79 Å². The minimum Gasteiger partial charge on any atom is -0.465 e. The van der Waals surface area contributed by atoms with Crippen molar-refractivity contribution in [3.05, 3.63) is 69.2 Å². The zero-order chi connectivity index (χ0) is 24.8. The third-order valence-corrected chi connectivity index (χ3v) is 7.14. The molecule has 2 aliphatic rings. The summed E-state index contributed by atoms with van der Waals surface area (Å²) in [6.45, 7) is 6.05. The van der Waals surface area contributed by atoms with Crippen molar-refractivity contribution in [2.75, 3.05) is 19.7 Å². The lowest BCUT2D eigenvalue weighted by Crippen LogP contribution is -2.62. The molecule has 3 amide bonds. The molecule has 2 aliphatic heterocycles. The van der Waals surface area contributed by atoms with Crippen LogP contribution in [0.5, 0.6) is 0 Å². The number of benzene rings is 2. The maximum absolute atomic E-state index is 13.3. The first kappa shape index (κ1) is 24.5. The Labute approximate surface area is 208 Å². The lowest BCUT2D eigenvalue weighted by Gasteiger charge is -2.50. The van der Waals surface area contributed by atoms with Gasteiger partial charge in [0.1, 0.15) is 5.60 Å². The molecule has 2 atom stereocenters. The summed E-state index contributed by atoms with van der Waals surface area (Å²) in [7, 11) is 0. The van der Waals surface area contributed by atoms with E-state index in [1.54, 1.807) is 42.5 Å². The van der Waals surface area contributed by atoms with Gasteiger partial charge in [0.25, 0.3) is 11.8 Å². The van der Waals surface area contributed by atoms with Gasteiger partial charge in [-0.3, -0.25) is 14.5 Å². The third kappa shape index (κ3) is 4.06. The maximum Gasteiger partial charge on any atom is 0.407 e. The first-order valence-electron chi connectivity index (χ1n) is 11.0. The number of carbonyl (C=O) groups excluding carboxylic acids is 2. The van der Waals surface area contributed by atoms with Crippen molar-refractivity contribution in [3.8, 4) is 0 Å². The van der Waals surface area contributed by atoms with E-state index >= 15 is 0 Å². The number of rotatable bonds is 3. The van der Waals surface area contributed by atoms with Gasteiger partial charge in [-0.05, 0) is 41.7 Å². The highest BCUT2D eigenvalue weighted by molar-refractivity contribution is 6.42. The molecule has 34 heavy (non-hydrogen) atoms. The highest BCUT2D eigenvalue weighted by Crippen LogP contribution is 2.46. The molecule has 0 bridgehead atoms. The first-order chi connectivity index (χ1) is 16.0. The van der Waals surface area contributed by atoms with Crippen LogP contribution in [0.15, 0.2) is 42.5 Å². The van der Waals surface area contributed by atoms with Gasteiger partial charge in [0.15, 0.2) is 0 Å². The van der Waals surface area contributed by atoms with Crippen molar-refractivity contribution in [1.82, 2.24) is 9.80 Å². The zero-order valence-electron chi connectivity index (χ0n) is 19.2. The summed E-state index contributed by atoms with van der Waals surface area (Å²) in [5.74, 6) is -0.884. The van der Waals surface area contributed by atoms with Crippen LogP contribution in [-0.2, 0) is 10.3 Å². The summed E-state index contributed by atoms with van der Waals surface area (Å²) in [6.07, 6.45) is -0.637. The van der Waals surface area contributed by atoms with Gasteiger partial charge in [-0.15, -0.1) is 0 Å².